The highest BCUT2D eigenvalue weighted by atomic mass is 32.2. The molecule has 6 nitrogen and oxygen atoms in total. The van der Waals surface area contributed by atoms with Gasteiger partial charge in [0.25, 0.3) is 10.0 Å². The van der Waals surface area contributed by atoms with Crippen molar-refractivity contribution in [3.05, 3.63) is 48.5 Å². The van der Waals surface area contributed by atoms with Crippen LogP contribution in [-0.4, -0.2) is 22.3 Å². The van der Waals surface area contributed by atoms with Crippen LogP contribution in [0.5, 0.6) is 5.75 Å². The topological polar surface area (TPSA) is 104 Å². The van der Waals surface area contributed by atoms with Gasteiger partial charge in [0.05, 0.1) is 9.79 Å². The summed E-state index contributed by atoms with van der Waals surface area (Å²) in [5.41, 5.74) is 0.303. The summed E-state index contributed by atoms with van der Waals surface area (Å²) in [4.78, 5) is 0.0911. The molecule has 3 N–H and O–H groups in total. The van der Waals surface area contributed by atoms with E-state index in [9.17, 15) is 12.6 Å². The van der Waals surface area contributed by atoms with Crippen molar-refractivity contribution in [1.29, 1.82) is 0 Å². The number of phenols is 1. The third-order valence-electron chi connectivity index (χ3n) is 2.46. The number of hydrogen-bond donors (Lipinski definition) is 3. The third-order valence-corrected chi connectivity index (χ3v) is 4.53. The molecule has 0 spiro atoms. The summed E-state index contributed by atoms with van der Waals surface area (Å²) in [6.45, 7) is 0. The SMILES string of the molecule is O=S(O)c1ccc(S(=O)(=O)Nc2ccc(O)cc2)cc1. The lowest BCUT2D eigenvalue weighted by atomic mass is 10.3. The van der Waals surface area contributed by atoms with Crippen LogP contribution in [0, 0.1) is 0 Å². The Morgan fingerprint density at radius 1 is 0.950 bits per heavy atom. The first-order chi connectivity index (χ1) is 9.38. The van der Waals surface area contributed by atoms with Crippen LogP contribution in [0.1, 0.15) is 0 Å². The molecule has 2 aromatic carbocycles. The average Bonchev–Trinajstić information content (AvgIpc) is 2.41. The quantitative estimate of drug-likeness (QED) is 0.589. The second kappa shape index (κ2) is 5.61. The highest BCUT2D eigenvalue weighted by molar-refractivity contribution is 7.92. The summed E-state index contributed by atoms with van der Waals surface area (Å²) in [6.07, 6.45) is 0. The van der Waals surface area contributed by atoms with Crippen LogP contribution in [0.15, 0.2) is 58.3 Å². The lowest BCUT2D eigenvalue weighted by molar-refractivity contribution is 0.475. The first kappa shape index (κ1) is 14.5. The van der Waals surface area contributed by atoms with Crippen molar-refractivity contribution in [1.82, 2.24) is 0 Å². The minimum absolute atomic E-state index is 0.0280. The van der Waals surface area contributed by atoms with Crippen LogP contribution in [0.4, 0.5) is 5.69 Å². The van der Waals surface area contributed by atoms with Crippen LogP contribution in [0.3, 0.4) is 0 Å². The van der Waals surface area contributed by atoms with Gasteiger partial charge in [-0.1, -0.05) is 0 Å². The van der Waals surface area contributed by atoms with Gasteiger partial charge in [0.1, 0.15) is 5.75 Å². The van der Waals surface area contributed by atoms with Gasteiger partial charge < -0.3 is 9.66 Å². The Bertz CT molecular complexity index is 723. The van der Waals surface area contributed by atoms with Gasteiger partial charge in [-0.25, -0.2) is 12.6 Å². The number of aromatic hydroxyl groups is 1. The summed E-state index contributed by atoms with van der Waals surface area (Å²) in [6, 6.07) is 10.6. The van der Waals surface area contributed by atoms with E-state index in [0.717, 1.165) is 0 Å². The Kier molecular flexibility index (Phi) is 4.07. The maximum Gasteiger partial charge on any atom is 0.261 e. The maximum atomic E-state index is 12.1. The number of phenolic OH excluding ortho intramolecular Hbond substituents is 1. The molecule has 1 atom stereocenters. The highest BCUT2D eigenvalue weighted by Gasteiger charge is 2.14. The van der Waals surface area contributed by atoms with Crippen LogP contribution < -0.4 is 4.72 Å². The van der Waals surface area contributed by atoms with Crippen molar-refractivity contribution in [2.24, 2.45) is 0 Å². The van der Waals surface area contributed by atoms with E-state index in [1.807, 2.05) is 0 Å². The molecule has 0 amide bonds. The Morgan fingerprint density at radius 3 is 2.00 bits per heavy atom. The molecule has 106 valence electrons. The number of hydrogen-bond acceptors (Lipinski definition) is 4. The average molecular weight is 313 g/mol. The Balaban J connectivity index is 2.26. The molecule has 1 unspecified atom stereocenters. The monoisotopic (exact) mass is 313 g/mol. The van der Waals surface area contributed by atoms with Crippen molar-refractivity contribution < 1.29 is 22.3 Å². The fourth-order valence-corrected chi connectivity index (χ4v) is 2.91. The minimum atomic E-state index is -3.78. The van der Waals surface area contributed by atoms with Gasteiger partial charge in [0.2, 0.25) is 0 Å². The molecular formula is C12H11NO5S2. The zero-order chi connectivity index (χ0) is 14.8. The fraction of sp³-hybridized carbons (Fsp3) is 0. The van der Waals surface area contributed by atoms with E-state index in [-0.39, 0.29) is 15.5 Å². The highest BCUT2D eigenvalue weighted by Crippen LogP contribution is 2.19. The van der Waals surface area contributed by atoms with E-state index >= 15 is 0 Å². The number of sulfonamides is 1. The summed E-state index contributed by atoms with van der Waals surface area (Å²) in [7, 11) is -3.78. The van der Waals surface area contributed by atoms with Gasteiger partial charge in [-0.05, 0) is 48.5 Å². The molecule has 2 aromatic rings. The molecule has 0 radical (unpaired) electrons. The van der Waals surface area contributed by atoms with Gasteiger partial charge in [0.15, 0.2) is 11.1 Å². The lowest BCUT2D eigenvalue weighted by Gasteiger charge is -2.08. The molecule has 0 heterocycles. The molecule has 0 aromatic heterocycles. The van der Waals surface area contributed by atoms with Crippen LogP contribution in [-0.2, 0) is 21.1 Å². The zero-order valence-corrected chi connectivity index (χ0v) is 11.7. The minimum Gasteiger partial charge on any atom is -0.508 e. The summed E-state index contributed by atoms with van der Waals surface area (Å²) >= 11 is -2.15. The predicted molar refractivity (Wildman–Crippen MR) is 74.4 cm³/mol. The number of benzene rings is 2. The largest absolute Gasteiger partial charge is 0.508 e. The van der Waals surface area contributed by atoms with Crippen molar-refractivity contribution in [3.63, 3.8) is 0 Å². The van der Waals surface area contributed by atoms with E-state index in [1.165, 1.54) is 48.5 Å². The van der Waals surface area contributed by atoms with Crippen LogP contribution >= 0.6 is 0 Å². The maximum absolute atomic E-state index is 12.1. The molecule has 20 heavy (non-hydrogen) atoms. The van der Waals surface area contributed by atoms with E-state index in [4.69, 9.17) is 9.66 Å². The number of rotatable bonds is 4. The van der Waals surface area contributed by atoms with Gasteiger partial charge in [0, 0.05) is 5.69 Å². The molecule has 0 saturated heterocycles. The molecule has 0 fully saturated rings. The molecule has 0 aliphatic carbocycles. The molecule has 0 saturated carbocycles. The van der Waals surface area contributed by atoms with Gasteiger partial charge in [-0.15, -0.1) is 0 Å². The normalized spacial score (nSPS) is 12.8. The van der Waals surface area contributed by atoms with Crippen molar-refractivity contribution in [2.75, 3.05) is 4.72 Å². The summed E-state index contributed by atoms with van der Waals surface area (Å²) in [5, 5.41) is 9.12. The van der Waals surface area contributed by atoms with E-state index in [2.05, 4.69) is 4.72 Å². The summed E-state index contributed by atoms with van der Waals surface area (Å²) < 4.78 is 46.1. The van der Waals surface area contributed by atoms with Gasteiger partial charge in [-0.2, -0.15) is 0 Å². The first-order valence-electron chi connectivity index (χ1n) is 5.41. The van der Waals surface area contributed by atoms with Gasteiger partial charge in [-0.3, -0.25) is 4.72 Å². The Morgan fingerprint density at radius 2 is 1.50 bits per heavy atom. The second-order valence-corrected chi connectivity index (χ2v) is 6.53. The van der Waals surface area contributed by atoms with Crippen LogP contribution in [0.2, 0.25) is 0 Å². The lowest BCUT2D eigenvalue weighted by Crippen LogP contribution is -2.12. The van der Waals surface area contributed by atoms with Crippen molar-refractivity contribution in [2.45, 2.75) is 9.79 Å². The molecule has 0 aliphatic heterocycles. The molecule has 0 aliphatic rings. The fourth-order valence-electron chi connectivity index (χ4n) is 1.48. The number of anilines is 1. The zero-order valence-electron chi connectivity index (χ0n) is 10.1. The molecule has 0 bridgehead atoms. The molecular weight excluding hydrogens is 302 g/mol. The predicted octanol–water partition coefficient (Wildman–Crippen LogP) is 1.77. The molecule has 2 rings (SSSR count). The number of nitrogens with one attached hydrogen (secondary N) is 1. The smallest absolute Gasteiger partial charge is 0.261 e. The summed E-state index contributed by atoms with van der Waals surface area (Å²) in [5.74, 6) is 0.0303. The van der Waals surface area contributed by atoms with Gasteiger partial charge >= 0.3 is 0 Å². The van der Waals surface area contributed by atoms with E-state index < -0.39 is 21.1 Å². The van der Waals surface area contributed by atoms with Crippen molar-refractivity contribution in [3.8, 4) is 5.75 Å². The Hall–Kier alpha value is -1.90. The van der Waals surface area contributed by atoms with Crippen LogP contribution in [0.25, 0.3) is 0 Å². The standard InChI is InChI=1S/C12H11NO5S2/c14-10-3-1-9(2-4-10)13-20(17,18)12-7-5-11(6-8-12)19(15)16/h1-8,13-14H,(H,15,16). The second-order valence-electron chi connectivity index (χ2n) is 3.87. The third kappa shape index (κ3) is 3.35. The van der Waals surface area contributed by atoms with Crippen molar-refractivity contribution >= 4 is 26.8 Å². The van der Waals surface area contributed by atoms with E-state index in [0.29, 0.717) is 5.69 Å². The van der Waals surface area contributed by atoms with E-state index in [1.54, 1.807) is 0 Å². The molecule has 8 heteroatoms. The first-order valence-corrected chi connectivity index (χ1v) is 8.00. The Labute approximate surface area is 118 Å².